The average molecular weight is 308 g/mol. The van der Waals surface area contributed by atoms with E-state index in [0.29, 0.717) is 12.1 Å². The number of nitrogens with one attached hydrogen (secondary N) is 1. The molecule has 1 aromatic carbocycles. The fourth-order valence-corrected chi connectivity index (χ4v) is 2.92. The van der Waals surface area contributed by atoms with E-state index in [-0.39, 0.29) is 11.9 Å². The minimum Gasteiger partial charge on any atom is -0.453 e. The van der Waals surface area contributed by atoms with E-state index < -0.39 is 0 Å². The first-order valence-corrected chi connectivity index (χ1v) is 7.92. The van der Waals surface area contributed by atoms with Crippen LogP contribution in [0.2, 0.25) is 0 Å². The van der Waals surface area contributed by atoms with Gasteiger partial charge < -0.3 is 15.0 Å². The number of carbonyl (C=O) groups is 1. The molecule has 4 nitrogen and oxygen atoms in total. The Kier molecular flexibility index (Phi) is 6.19. The van der Waals surface area contributed by atoms with Crippen LogP contribution >= 0.6 is 0 Å². The molecule has 0 aromatic heterocycles. The number of methoxy groups -OCH3 is 1. The number of hydrogen-bond donors (Lipinski definition) is 1. The maximum absolute atomic E-state index is 13.6. The van der Waals surface area contributed by atoms with Crippen LogP contribution in [0.25, 0.3) is 0 Å². The van der Waals surface area contributed by atoms with Gasteiger partial charge in [0, 0.05) is 25.2 Å². The Labute approximate surface area is 131 Å². The number of piperidine rings is 1. The second kappa shape index (κ2) is 8.13. The third-order valence-corrected chi connectivity index (χ3v) is 4.25. The lowest BCUT2D eigenvalue weighted by Crippen LogP contribution is -2.47. The zero-order valence-electron chi connectivity index (χ0n) is 13.3. The minimum absolute atomic E-state index is 0.124. The van der Waals surface area contributed by atoms with Gasteiger partial charge in [-0.1, -0.05) is 18.2 Å². The summed E-state index contributed by atoms with van der Waals surface area (Å²) in [6.45, 7) is 3.59. The molecular weight excluding hydrogens is 283 g/mol. The van der Waals surface area contributed by atoms with Gasteiger partial charge in [0.1, 0.15) is 5.82 Å². The molecular formula is C17H25FN2O2. The molecule has 0 spiro atoms. The molecule has 1 atom stereocenters. The van der Waals surface area contributed by atoms with Crippen LogP contribution < -0.4 is 5.32 Å². The number of nitrogens with zero attached hydrogens (tertiary/aromatic N) is 1. The Hall–Kier alpha value is -1.62. The van der Waals surface area contributed by atoms with Crippen LogP contribution in [-0.2, 0) is 11.2 Å². The summed E-state index contributed by atoms with van der Waals surface area (Å²) in [5.41, 5.74) is 0.775. The molecule has 1 fully saturated rings. The van der Waals surface area contributed by atoms with Gasteiger partial charge in [0.25, 0.3) is 0 Å². The van der Waals surface area contributed by atoms with Crippen LogP contribution in [0.3, 0.4) is 0 Å². The van der Waals surface area contributed by atoms with E-state index in [0.717, 1.165) is 44.3 Å². The predicted molar refractivity (Wildman–Crippen MR) is 84.3 cm³/mol. The molecule has 1 aliphatic rings. The third kappa shape index (κ3) is 4.70. The SMILES string of the molecule is COC(=O)N1CCC(N[C@H](C)CCc2ccccc2F)CC1. The molecule has 5 heteroatoms. The summed E-state index contributed by atoms with van der Waals surface area (Å²) >= 11 is 0. The van der Waals surface area contributed by atoms with Crippen LogP contribution in [0, 0.1) is 5.82 Å². The molecule has 1 amide bonds. The molecule has 22 heavy (non-hydrogen) atoms. The van der Waals surface area contributed by atoms with Crippen molar-refractivity contribution < 1.29 is 13.9 Å². The number of rotatable bonds is 5. The van der Waals surface area contributed by atoms with Crippen LogP contribution in [0.1, 0.15) is 31.7 Å². The van der Waals surface area contributed by atoms with Gasteiger partial charge in [0.15, 0.2) is 0 Å². The minimum atomic E-state index is -0.244. The monoisotopic (exact) mass is 308 g/mol. The molecule has 1 heterocycles. The number of hydrogen-bond acceptors (Lipinski definition) is 3. The Morgan fingerprint density at radius 3 is 2.73 bits per heavy atom. The Morgan fingerprint density at radius 1 is 1.41 bits per heavy atom. The molecule has 0 bridgehead atoms. The van der Waals surface area contributed by atoms with Crippen molar-refractivity contribution in [3.8, 4) is 0 Å². The number of amides is 1. The van der Waals surface area contributed by atoms with Crippen molar-refractivity contribution in [2.45, 2.75) is 44.7 Å². The largest absolute Gasteiger partial charge is 0.453 e. The van der Waals surface area contributed by atoms with Gasteiger partial charge in [-0.3, -0.25) is 0 Å². The first kappa shape index (κ1) is 16.7. The van der Waals surface area contributed by atoms with Crippen LogP contribution in [-0.4, -0.2) is 43.3 Å². The topological polar surface area (TPSA) is 41.6 Å². The molecule has 1 aromatic rings. The van der Waals surface area contributed by atoms with Gasteiger partial charge in [0.05, 0.1) is 7.11 Å². The standard InChI is InChI=1S/C17H25FN2O2/c1-13(7-8-14-5-3-4-6-16(14)18)19-15-9-11-20(12-10-15)17(21)22-2/h3-6,13,15,19H,7-12H2,1-2H3/t13-/m1/s1. The predicted octanol–water partition coefficient (Wildman–Crippen LogP) is 2.97. The van der Waals surface area contributed by atoms with Crippen LogP contribution in [0.5, 0.6) is 0 Å². The van der Waals surface area contributed by atoms with Gasteiger partial charge in [-0.25, -0.2) is 9.18 Å². The number of halogens is 1. The number of carbonyl (C=O) groups excluding carboxylic acids is 1. The van der Waals surface area contributed by atoms with Gasteiger partial charge in [0.2, 0.25) is 0 Å². The maximum atomic E-state index is 13.6. The second-order valence-electron chi connectivity index (χ2n) is 5.93. The van der Waals surface area contributed by atoms with Crippen molar-refractivity contribution in [3.63, 3.8) is 0 Å². The highest BCUT2D eigenvalue weighted by molar-refractivity contribution is 5.67. The van der Waals surface area contributed by atoms with Gasteiger partial charge >= 0.3 is 6.09 Å². The third-order valence-electron chi connectivity index (χ3n) is 4.25. The quantitative estimate of drug-likeness (QED) is 0.909. The number of ether oxygens (including phenoxy) is 1. The smallest absolute Gasteiger partial charge is 0.409 e. The number of aryl methyl sites for hydroxylation is 1. The lowest BCUT2D eigenvalue weighted by Gasteiger charge is -2.33. The van der Waals surface area contributed by atoms with E-state index in [2.05, 4.69) is 12.2 Å². The average Bonchev–Trinajstić information content (AvgIpc) is 2.54. The summed E-state index contributed by atoms with van der Waals surface area (Å²) in [5, 5.41) is 3.58. The summed E-state index contributed by atoms with van der Waals surface area (Å²) in [5.74, 6) is -0.124. The molecule has 2 rings (SSSR count). The van der Waals surface area contributed by atoms with Gasteiger partial charge in [-0.2, -0.15) is 0 Å². The second-order valence-corrected chi connectivity index (χ2v) is 5.93. The summed E-state index contributed by atoms with van der Waals surface area (Å²) in [6, 6.07) is 7.69. The Bertz CT molecular complexity index is 487. The fraction of sp³-hybridized carbons (Fsp3) is 0.588. The van der Waals surface area contributed by atoms with Crippen LogP contribution in [0.4, 0.5) is 9.18 Å². The summed E-state index contributed by atoms with van der Waals surface area (Å²) in [6.07, 6.45) is 3.25. The van der Waals surface area contributed by atoms with Crippen molar-refractivity contribution in [2.24, 2.45) is 0 Å². The molecule has 0 aliphatic carbocycles. The van der Waals surface area contributed by atoms with E-state index in [1.54, 1.807) is 11.0 Å². The highest BCUT2D eigenvalue weighted by Gasteiger charge is 2.23. The number of benzene rings is 1. The van der Waals surface area contributed by atoms with E-state index in [4.69, 9.17) is 4.74 Å². The van der Waals surface area contributed by atoms with Crippen molar-refractivity contribution in [1.29, 1.82) is 0 Å². The normalized spacial score (nSPS) is 17.3. The molecule has 0 saturated carbocycles. The van der Waals surface area contributed by atoms with Crippen molar-refractivity contribution in [2.75, 3.05) is 20.2 Å². The van der Waals surface area contributed by atoms with E-state index in [1.807, 2.05) is 12.1 Å². The molecule has 1 N–H and O–H groups in total. The highest BCUT2D eigenvalue weighted by Crippen LogP contribution is 2.14. The molecule has 0 radical (unpaired) electrons. The van der Waals surface area contributed by atoms with Crippen molar-refractivity contribution in [1.82, 2.24) is 10.2 Å². The van der Waals surface area contributed by atoms with Crippen molar-refractivity contribution >= 4 is 6.09 Å². The molecule has 1 aliphatic heterocycles. The fourth-order valence-electron chi connectivity index (χ4n) is 2.92. The lowest BCUT2D eigenvalue weighted by molar-refractivity contribution is 0.109. The summed E-state index contributed by atoms with van der Waals surface area (Å²) < 4.78 is 18.3. The summed E-state index contributed by atoms with van der Waals surface area (Å²) in [4.78, 5) is 13.2. The first-order chi connectivity index (χ1) is 10.6. The molecule has 0 unspecified atom stereocenters. The lowest BCUT2D eigenvalue weighted by atomic mass is 10.0. The highest BCUT2D eigenvalue weighted by atomic mass is 19.1. The van der Waals surface area contributed by atoms with Crippen molar-refractivity contribution in [3.05, 3.63) is 35.6 Å². The first-order valence-electron chi connectivity index (χ1n) is 7.92. The maximum Gasteiger partial charge on any atom is 0.409 e. The van der Waals surface area contributed by atoms with E-state index in [1.165, 1.54) is 13.2 Å². The number of likely N-dealkylation sites (tertiary alicyclic amines) is 1. The Balaban J connectivity index is 1.71. The van der Waals surface area contributed by atoms with Gasteiger partial charge in [-0.05, 0) is 44.2 Å². The Morgan fingerprint density at radius 2 is 2.09 bits per heavy atom. The zero-order chi connectivity index (χ0) is 15.9. The van der Waals surface area contributed by atoms with Crippen LogP contribution in [0.15, 0.2) is 24.3 Å². The van der Waals surface area contributed by atoms with Gasteiger partial charge in [-0.15, -0.1) is 0 Å². The molecule has 1 saturated heterocycles. The van der Waals surface area contributed by atoms with E-state index in [9.17, 15) is 9.18 Å². The summed E-state index contributed by atoms with van der Waals surface area (Å²) in [7, 11) is 1.41. The zero-order valence-corrected chi connectivity index (χ0v) is 13.3. The molecule has 122 valence electrons. The van der Waals surface area contributed by atoms with E-state index >= 15 is 0 Å².